The standard InChI is InChI=1S/C32H63ClO2/c1-3-5-7-9-18-22-26-30-34-32(35-31-27-23-19-10-8-6-4-2)28-24-20-16-14-12-11-13-15-17-21-25-29-33/h17,21,32H,3-16,18-20,22-31H2,1-2H3/b21-17-. The van der Waals surface area contributed by atoms with Crippen LogP contribution in [0.2, 0.25) is 0 Å². The first-order valence-electron chi connectivity index (χ1n) is 15.8. The lowest BCUT2D eigenvalue weighted by Gasteiger charge is -2.19. The lowest BCUT2D eigenvalue weighted by atomic mass is 10.1. The van der Waals surface area contributed by atoms with Gasteiger partial charge in [0.1, 0.15) is 0 Å². The van der Waals surface area contributed by atoms with Crippen molar-refractivity contribution in [2.75, 3.05) is 19.1 Å². The van der Waals surface area contributed by atoms with Gasteiger partial charge < -0.3 is 9.47 Å². The van der Waals surface area contributed by atoms with Gasteiger partial charge in [-0.2, -0.15) is 0 Å². The van der Waals surface area contributed by atoms with Crippen LogP contribution in [-0.2, 0) is 9.47 Å². The summed E-state index contributed by atoms with van der Waals surface area (Å²) in [7, 11) is 0. The first-order valence-corrected chi connectivity index (χ1v) is 16.3. The van der Waals surface area contributed by atoms with Gasteiger partial charge >= 0.3 is 0 Å². The summed E-state index contributed by atoms with van der Waals surface area (Å²) < 4.78 is 12.4. The quantitative estimate of drug-likeness (QED) is 0.0410. The lowest BCUT2D eigenvalue weighted by molar-refractivity contribution is -0.148. The zero-order valence-electron chi connectivity index (χ0n) is 24.0. The molecule has 0 aromatic rings. The minimum atomic E-state index is 0.0231. The molecule has 2 nitrogen and oxygen atoms in total. The van der Waals surface area contributed by atoms with Gasteiger partial charge in [-0.3, -0.25) is 0 Å². The largest absolute Gasteiger partial charge is 0.353 e. The fourth-order valence-electron chi connectivity index (χ4n) is 4.52. The van der Waals surface area contributed by atoms with Gasteiger partial charge in [0.25, 0.3) is 0 Å². The third kappa shape index (κ3) is 30.1. The van der Waals surface area contributed by atoms with Gasteiger partial charge in [-0.1, -0.05) is 135 Å². The number of halogens is 1. The number of hydrogen-bond acceptors (Lipinski definition) is 2. The minimum Gasteiger partial charge on any atom is -0.353 e. The molecule has 0 aliphatic carbocycles. The zero-order valence-corrected chi connectivity index (χ0v) is 24.8. The number of rotatable bonds is 30. The fourth-order valence-corrected chi connectivity index (χ4v) is 4.64. The molecule has 0 fully saturated rings. The van der Waals surface area contributed by atoms with Gasteiger partial charge in [0.05, 0.1) is 0 Å². The normalized spacial score (nSPS) is 11.9. The van der Waals surface area contributed by atoms with Gasteiger partial charge in [-0.05, 0) is 44.9 Å². The highest BCUT2D eigenvalue weighted by atomic mass is 35.5. The highest BCUT2D eigenvalue weighted by Gasteiger charge is 2.09. The lowest BCUT2D eigenvalue weighted by Crippen LogP contribution is -2.19. The van der Waals surface area contributed by atoms with E-state index in [1.807, 2.05) is 0 Å². The summed E-state index contributed by atoms with van der Waals surface area (Å²) in [6.45, 7) is 6.31. The van der Waals surface area contributed by atoms with Crippen LogP contribution in [0.1, 0.15) is 168 Å². The Morgan fingerprint density at radius 1 is 0.486 bits per heavy atom. The van der Waals surface area contributed by atoms with E-state index in [4.69, 9.17) is 21.1 Å². The van der Waals surface area contributed by atoms with Crippen LogP contribution in [-0.4, -0.2) is 25.4 Å². The molecule has 210 valence electrons. The summed E-state index contributed by atoms with van der Waals surface area (Å²) in [5.41, 5.74) is 0. The number of hydrogen-bond donors (Lipinski definition) is 0. The van der Waals surface area contributed by atoms with Crippen LogP contribution in [0.5, 0.6) is 0 Å². The van der Waals surface area contributed by atoms with E-state index in [1.54, 1.807) is 0 Å². The molecule has 0 bridgehead atoms. The van der Waals surface area contributed by atoms with E-state index in [9.17, 15) is 0 Å². The summed E-state index contributed by atoms with van der Waals surface area (Å²) in [6.07, 6.45) is 35.8. The molecular formula is C32H63ClO2. The van der Waals surface area contributed by atoms with E-state index in [0.29, 0.717) is 0 Å². The zero-order chi connectivity index (χ0) is 25.5. The highest BCUT2D eigenvalue weighted by molar-refractivity contribution is 6.17. The molecule has 0 spiro atoms. The average Bonchev–Trinajstić information content (AvgIpc) is 2.87. The molecule has 0 saturated heterocycles. The summed E-state index contributed by atoms with van der Waals surface area (Å²) in [5, 5.41) is 0. The molecule has 0 radical (unpaired) electrons. The molecule has 35 heavy (non-hydrogen) atoms. The Kier molecular flexibility index (Phi) is 31.9. The molecule has 0 saturated carbocycles. The van der Waals surface area contributed by atoms with Crippen molar-refractivity contribution in [3.63, 3.8) is 0 Å². The monoisotopic (exact) mass is 514 g/mol. The number of unbranched alkanes of at least 4 members (excludes halogenated alkanes) is 19. The highest BCUT2D eigenvalue weighted by Crippen LogP contribution is 2.15. The Bertz CT molecular complexity index is 379. The fraction of sp³-hybridized carbons (Fsp3) is 0.938. The summed E-state index contributed by atoms with van der Waals surface area (Å²) >= 11 is 5.69. The third-order valence-electron chi connectivity index (χ3n) is 6.86. The molecule has 0 aliphatic rings. The molecule has 0 unspecified atom stereocenters. The van der Waals surface area contributed by atoms with E-state index in [0.717, 1.165) is 31.9 Å². The predicted molar refractivity (Wildman–Crippen MR) is 158 cm³/mol. The molecule has 0 aromatic heterocycles. The Hall–Kier alpha value is -0.0500. The van der Waals surface area contributed by atoms with Crippen LogP contribution in [0, 0.1) is 0 Å². The van der Waals surface area contributed by atoms with Gasteiger partial charge in [-0.25, -0.2) is 0 Å². The second kappa shape index (κ2) is 32.0. The maximum Gasteiger partial charge on any atom is 0.157 e. The van der Waals surface area contributed by atoms with Gasteiger partial charge in [0, 0.05) is 19.1 Å². The van der Waals surface area contributed by atoms with Crippen molar-refractivity contribution < 1.29 is 9.47 Å². The predicted octanol–water partition coefficient (Wildman–Crippen LogP) is 11.5. The number of ether oxygens (including phenoxy) is 2. The summed E-state index contributed by atoms with van der Waals surface area (Å²) in [6, 6.07) is 0. The molecule has 0 aliphatic heterocycles. The summed E-state index contributed by atoms with van der Waals surface area (Å²) in [4.78, 5) is 0. The van der Waals surface area contributed by atoms with Crippen molar-refractivity contribution in [3.8, 4) is 0 Å². The number of allylic oxidation sites excluding steroid dienone is 2. The van der Waals surface area contributed by atoms with Crippen molar-refractivity contribution in [1.82, 2.24) is 0 Å². The minimum absolute atomic E-state index is 0.0231. The Balaban J connectivity index is 3.85. The van der Waals surface area contributed by atoms with Crippen LogP contribution in [0.25, 0.3) is 0 Å². The maximum atomic E-state index is 6.19. The molecular weight excluding hydrogens is 452 g/mol. The Labute approximate surface area is 226 Å². The van der Waals surface area contributed by atoms with Crippen LogP contribution < -0.4 is 0 Å². The van der Waals surface area contributed by atoms with E-state index >= 15 is 0 Å². The molecule has 0 aromatic carbocycles. The Morgan fingerprint density at radius 3 is 1.37 bits per heavy atom. The SMILES string of the molecule is CCCCCCCCCOC(CCCCCCCCC/C=C\CCCl)OCCCCCCCCC. The first-order chi connectivity index (χ1) is 17.3. The van der Waals surface area contributed by atoms with E-state index < -0.39 is 0 Å². The molecule has 3 heteroatoms. The number of alkyl halides is 1. The molecule has 0 atom stereocenters. The molecule has 0 heterocycles. The first kappa shape index (κ1) is 35.0. The average molecular weight is 515 g/mol. The van der Waals surface area contributed by atoms with Crippen molar-refractivity contribution in [1.29, 1.82) is 0 Å². The maximum absolute atomic E-state index is 6.19. The smallest absolute Gasteiger partial charge is 0.157 e. The van der Waals surface area contributed by atoms with Gasteiger partial charge in [0.15, 0.2) is 6.29 Å². The van der Waals surface area contributed by atoms with Gasteiger partial charge in [0.2, 0.25) is 0 Å². The van der Waals surface area contributed by atoms with E-state index in [-0.39, 0.29) is 6.29 Å². The van der Waals surface area contributed by atoms with Gasteiger partial charge in [-0.15, -0.1) is 11.6 Å². The van der Waals surface area contributed by atoms with E-state index in [1.165, 1.54) is 141 Å². The van der Waals surface area contributed by atoms with Crippen molar-refractivity contribution in [2.45, 2.75) is 174 Å². The van der Waals surface area contributed by atoms with Crippen LogP contribution in [0.3, 0.4) is 0 Å². The van der Waals surface area contributed by atoms with Crippen LogP contribution >= 0.6 is 11.6 Å². The topological polar surface area (TPSA) is 18.5 Å². The van der Waals surface area contributed by atoms with Crippen LogP contribution in [0.15, 0.2) is 12.2 Å². The molecule has 0 N–H and O–H groups in total. The Morgan fingerprint density at radius 2 is 0.886 bits per heavy atom. The molecule has 0 amide bonds. The van der Waals surface area contributed by atoms with Crippen molar-refractivity contribution in [3.05, 3.63) is 12.2 Å². The third-order valence-corrected chi connectivity index (χ3v) is 7.07. The van der Waals surface area contributed by atoms with Crippen molar-refractivity contribution >= 4 is 11.6 Å². The van der Waals surface area contributed by atoms with Crippen molar-refractivity contribution in [2.24, 2.45) is 0 Å². The molecule has 0 rings (SSSR count). The second-order valence-electron chi connectivity index (χ2n) is 10.4. The second-order valence-corrected chi connectivity index (χ2v) is 10.8. The van der Waals surface area contributed by atoms with E-state index in [2.05, 4.69) is 26.0 Å². The van der Waals surface area contributed by atoms with Crippen LogP contribution in [0.4, 0.5) is 0 Å². The summed E-state index contributed by atoms with van der Waals surface area (Å²) in [5.74, 6) is 0.742.